The van der Waals surface area contributed by atoms with Crippen molar-refractivity contribution in [3.05, 3.63) is 29.8 Å². The lowest BCUT2D eigenvalue weighted by Crippen LogP contribution is -2.42. The van der Waals surface area contributed by atoms with Crippen molar-refractivity contribution in [3.63, 3.8) is 0 Å². The van der Waals surface area contributed by atoms with E-state index in [9.17, 15) is 14.4 Å². The van der Waals surface area contributed by atoms with E-state index in [1.165, 1.54) is 6.92 Å². The summed E-state index contributed by atoms with van der Waals surface area (Å²) in [6.45, 7) is 2.23. The molecule has 1 saturated heterocycles. The molecule has 1 heterocycles. The van der Waals surface area contributed by atoms with Crippen LogP contribution in [-0.4, -0.2) is 47.4 Å². The van der Waals surface area contributed by atoms with Crippen molar-refractivity contribution in [2.24, 2.45) is 5.92 Å². The Labute approximate surface area is 128 Å². The van der Waals surface area contributed by atoms with E-state index in [4.69, 9.17) is 9.84 Å². The van der Waals surface area contributed by atoms with Crippen LogP contribution in [0.3, 0.4) is 0 Å². The second kappa shape index (κ2) is 7.06. The molecule has 0 aliphatic carbocycles. The average molecular weight is 305 g/mol. The normalized spacial score (nSPS) is 15.4. The quantitative estimate of drug-likeness (QED) is 0.835. The number of piperidine rings is 1. The van der Waals surface area contributed by atoms with Crippen LogP contribution in [0.4, 0.5) is 0 Å². The maximum atomic E-state index is 12.1. The van der Waals surface area contributed by atoms with E-state index < -0.39 is 5.97 Å². The summed E-state index contributed by atoms with van der Waals surface area (Å²) < 4.78 is 5.43. The number of nitrogens with zero attached hydrogens (tertiary/aromatic N) is 1. The van der Waals surface area contributed by atoms with Crippen LogP contribution in [0.25, 0.3) is 0 Å². The van der Waals surface area contributed by atoms with Crippen LogP contribution in [0.2, 0.25) is 0 Å². The van der Waals surface area contributed by atoms with E-state index >= 15 is 0 Å². The number of carboxylic acid groups (broad SMARTS) is 1. The number of amides is 1. The Bertz CT molecular complexity index is 576. The number of Topliss-reactive ketones (excluding diaryl/α,β-unsaturated/α-hetero) is 1. The standard InChI is InChI=1S/C16H19NO5/c1-11(18)13-3-2-4-14(9-13)22-10-15(19)17-7-5-12(6-8-17)16(20)21/h2-4,9,12H,5-8,10H2,1H3,(H,20,21). The predicted octanol–water partition coefficient (Wildman–Crippen LogP) is 1.59. The van der Waals surface area contributed by atoms with Crippen LogP contribution >= 0.6 is 0 Å². The van der Waals surface area contributed by atoms with Crippen molar-refractivity contribution in [1.82, 2.24) is 4.90 Å². The van der Waals surface area contributed by atoms with Crippen LogP contribution < -0.4 is 4.74 Å². The Kier molecular flexibility index (Phi) is 5.14. The third kappa shape index (κ3) is 4.07. The topological polar surface area (TPSA) is 83.9 Å². The number of benzene rings is 1. The first-order chi connectivity index (χ1) is 10.5. The van der Waals surface area contributed by atoms with Crippen LogP contribution in [0.15, 0.2) is 24.3 Å². The molecule has 0 unspecified atom stereocenters. The SMILES string of the molecule is CC(=O)c1cccc(OCC(=O)N2CCC(C(=O)O)CC2)c1. The molecule has 2 rings (SSSR count). The number of carbonyl (C=O) groups excluding carboxylic acids is 2. The minimum atomic E-state index is -0.801. The van der Waals surface area contributed by atoms with Crippen LogP contribution in [0, 0.1) is 5.92 Å². The molecular formula is C16H19NO5. The number of likely N-dealkylation sites (tertiary alicyclic amines) is 1. The zero-order valence-electron chi connectivity index (χ0n) is 12.4. The highest BCUT2D eigenvalue weighted by molar-refractivity contribution is 5.94. The van der Waals surface area contributed by atoms with Gasteiger partial charge in [-0.1, -0.05) is 12.1 Å². The Hall–Kier alpha value is -2.37. The lowest BCUT2D eigenvalue weighted by molar-refractivity contribution is -0.146. The number of hydrogen-bond acceptors (Lipinski definition) is 4. The summed E-state index contributed by atoms with van der Waals surface area (Å²) in [6.07, 6.45) is 0.946. The molecule has 1 aliphatic rings. The zero-order valence-corrected chi connectivity index (χ0v) is 12.4. The van der Waals surface area contributed by atoms with E-state index in [0.29, 0.717) is 37.2 Å². The van der Waals surface area contributed by atoms with E-state index in [1.807, 2.05) is 0 Å². The molecule has 6 nitrogen and oxygen atoms in total. The molecule has 1 aromatic carbocycles. The van der Waals surface area contributed by atoms with E-state index in [1.54, 1.807) is 29.2 Å². The Morgan fingerprint density at radius 3 is 2.55 bits per heavy atom. The van der Waals surface area contributed by atoms with Gasteiger partial charge >= 0.3 is 5.97 Å². The summed E-state index contributed by atoms with van der Waals surface area (Å²) in [7, 11) is 0. The second-order valence-electron chi connectivity index (χ2n) is 5.37. The molecule has 0 atom stereocenters. The smallest absolute Gasteiger partial charge is 0.306 e. The van der Waals surface area contributed by atoms with Crippen molar-refractivity contribution in [3.8, 4) is 5.75 Å². The number of rotatable bonds is 5. The van der Waals surface area contributed by atoms with Gasteiger partial charge in [0.15, 0.2) is 12.4 Å². The molecular weight excluding hydrogens is 286 g/mol. The lowest BCUT2D eigenvalue weighted by Gasteiger charge is -2.30. The van der Waals surface area contributed by atoms with E-state index in [0.717, 1.165) is 0 Å². The Morgan fingerprint density at radius 2 is 1.95 bits per heavy atom. The van der Waals surface area contributed by atoms with Gasteiger partial charge in [-0.15, -0.1) is 0 Å². The van der Waals surface area contributed by atoms with Gasteiger partial charge in [0, 0.05) is 18.7 Å². The number of ketones is 1. The largest absolute Gasteiger partial charge is 0.484 e. The molecule has 0 bridgehead atoms. The van der Waals surface area contributed by atoms with Crippen molar-refractivity contribution >= 4 is 17.7 Å². The fraction of sp³-hybridized carbons (Fsp3) is 0.438. The summed E-state index contributed by atoms with van der Waals surface area (Å²) >= 11 is 0. The first-order valence-corrected chi connectivity index (χ1v) is 7.21. The molecule has 1 amide bonds. The molecule has 0 aromatic heterocycles. The van der Waals surface area contributed by atoms with Gasteiger partial charge in [0.2, 0.25) is 0 Å². The third-order valence-electron chi connectivity index (χ3n) is 3.80. The van der Waals surface area contributed by atoms with Crippen molar-refractivity contribution in [2.45, 2.75) is 19.8 Å². The van der Waals surface area contributed by atoms with Crippen molar-refractivity contribution < 1.29 is 24.2 Å². The number of ether oxygens (including phenoxy) is 1. The summed E-state index contributed by atoms with van der Waals surface area (Å²) in [5, 5.41) is 8.93. The monoisotopic (exact) mass is 305 g/mol. The van der Waals surface area contributed by atoms with E-state index in [2.05, 4.69) is 0 Å². The maximum absolute atomic E-state index is 12.1. The molecule has 22 heavy (non-hydrogen) atoms. The molecule has 1 fully saturated rings. The van der Waals surface area contributed by atoms with Gasteiger partial charge in [-0.3, -0.25) is 14.4 Å². The highest BCUT2D eigenvalue weighted by atomic mass is 16.5. The summed E-state index contributed by atoms with van der Waals surface area (Å²) in [5.74, 6) is -0.923. The lowest BCUT2D eigenvalue weighted by atomic mass is 9.97. The highest BCUT2D eigenvalue weighted by Crippen LogP contribution is 2.18. The van der Waals surface area contributed by atoms with Gasteiger partial charge in [-0.25, -0.2) is 0 Å². The van der Waals surface area contributed by atoms with Crippen LogP contribution in [0.5, 0.6) is 5.75 Å². The number of aliphatic carboxylic acids is 1. The molecule has 0 saturated carbocycles. The first kappa shape index (κ1) is 16.0. The van der Waals surface area contributed by atoms with Crippen molar-refractivity contribution in [2.75, 3.05) is 19.7 Å². The molecule has 1 N–H and O–H groups in total. The second-order valence-corrected chi connectivity index (χ2v) is 5.37. The van der Waals surface area contributed by atoms with Crippen LogP contribution in [-0.2, 0) is 9.59 Å². The fourth-order valence-electron chi connectivity index (χ4n) is 2.42. The predicted molar refractivity (Wildman–Crippen MR) is 78.9 cm³/mol. The minimum Gasteiger partial charge on any atom is -0.484 e. The van der Waals surface area contributed by atoms with Gasteiger partial charge < -0.3 is 14.7 Å². The summed E-state index contributed by atoms with van der Waals surface area (Å²) in [6, 6.07) is 6.69. The van der Waals surface area contributed by atoms with Gasteiger partial charge in [0.05, 0.1) is 5.92 Å². The molecule has 0 spiro atoms. The van der Waals surface area contributed by atoms with E-state index in [-0.39, 0.29) is 24.2 Å². The molecule has 1 aliphatic heterocycles. The molecule has 118 valence electrons. The van der Waals surface area contributed by atoms with Crippen molar-refractivity contribution in [1.29, 1.82) is 0 Å². The van der Waals surface area contributed by atoms with Gasteiger partial charge in [0.1, 0.15) is 5.75 Å². The molecule has 1 aromatic rings. The first-order valence-electron chi connectivity index (χ1n) is 7.21. The molecule has 0 radical (unpaired) electrons. The van der Waals surface area contributed by atoms with Crippen LogP contribution in [0.1, 0.15) is 30.1 Å². The maximum Gasteiger partial charge on any atom is 0.306 e. The zero-order chi connectivity index (χ0) is 16.1. The molecule has 6 heteroatoms. The van der Waals surface area contributed by atoms with Gasteiger partial charge in [-0.2, -0.15) is 0 Å². The fourth-order valence-corrected chi connectivity index (χ4v) is 2.42. The van der Waals surface area contributed by atoms with Gasteiger partial charge in [-0.05, 0) is 31.9 Å². The van der Waals surface area contributed by atoms with Gasteiger partial charge in [0.25, 0.3) is 5.91 Å². The number of carbonyl (C=O) groups is 3. The number of hydrogen-bond donors (Lipinski definition) is 1. The highest BCUT2D eigenvalue weighted by Gasteiger charge is 2.27. The average Bonchev–Trinajstić information content (AvgIpc) is 2.53. The Balaban J connectivity index is 1.84. The summed E-state index contributed by atoms with van der Waals surface area (Å²) in [5.41, 5.74) is 0.534. The summed E-state index contributed by atoms with van der Waals surface area (Å²) in [4.78, 5) is 35.8. The number of carboxylic acids is 1. The minimum absolute atomic E-state index is 0.0625. The third-order valence-corrected chi connectivity index (χ3v) is 3.80. The Morgan fingerprint density at radius 1 is 1.27 bits per heavy atom.